The van der Waals surface area contributed by atoms with E-state index in [9.17, 15) is 13.2 Å². The van der Waals surface area contributed by atoms with Gasteiger partial charge in [0.15, 0.2) is 0 Å². The monoisotopic (exact) mass is 328 g/mol. The Hall–Kier alpha value is -0.620. The van der Waals surface area contributed by atoms with Crippen LogP contribution in [-0.4, -0.2) is 44.0 Å². The van der Waals surface area contributed by atoms with E-state index in [0.29, 0.717) is 31.8 Å². The largest absolute Gasteiger partial charge is 0.353 e. The molecule has 4 atom stereocenters. The van der Waals surface area contributed by atoms with E-state index in [4.69, 9.17) is 0 Å². The molecule has 5 nitrogen and oxygen atoms in total. The second-order valence-electron chi connectivity index (χ2n) is 7.57. The van der Waals surface area contributed by atoms with Crippen molar-refractivity contribution in [2.75, 3.05) is 19.3 Å². The molecule has 2 saturated carbocycles. The lowest BCUT2D eigenvalue weighted by Gasteiger charge is -2.32. The normalized spacial score (nSPS) is 34.7. The lowest BCUT2D eigenvalue weighted by atomic mass is 9.83. The highest BCUT2D eigenvalue weighted by atomic mass is 32.2. The number of hydrogen-bond donors (Lipinski definition) is 1. The van der Waals surface area contributed by atoms with Gasteiger partial charge in [0.05, 0.1) is 6.26 Å². The molecule has 126 valence electrons. The van der Waals surface area contributed by atoms with Crippen LogP contribution >= 0.6 is 0 Å². The Morgan fingerprint density at radius 1 is 1.14 bits per heavy atom. The first-order valence-electron chi connectivity index (χ1n) is 8.60. The van der Waals surface area contributed by atoms with Crippen LogP contribution in [-0.2, 0) is 14.8 Å². The summed E-state index contributed by atoms with van der Waals surface area (Å²) in [4.78, 5) is 12.4. The van der Waals surface area contributed by atoms with Crippen LogP contribution in [0.5, 0.6) is 0 Å². The van der Waals surface area contributed by atoms with Gasteiger partial charge in [0, 0.05) is 25.0 Å². The van der Waals surface area contributed by atoms with Crippen LogP contribution in [0.15, 0.2) is 0 Å². The highest BCUT2D eigenvalue weighted by Gasteiger charge is 2.42. The number of nitrogens with one attached hydrogen (secondary N) is 1. The summed E-state index contributed by atoms with van der Waals surface area (Å²) >= 11 is 0. The predicted molar refractivity (Wildman–Crippen MR) is 85.7 cm³/mol. The summed E-state index contributed by atoms with van der Waals surface area (Å²) in [6.45, 7) is 3.09. The summed E-state index contributed by atoms with van der Waals surface area (Å²) in [6.07, 6.45) is 7.87. The van der Waals surface area contributed by atoms with Gasteiger partial charge in [-0.2, -0.15) is 0 Å². The van der Waals surface area contributed by atoms with Crippen molar-refractivity contribution in [1.82, 2.24) is 9.62 Å². The summed E-state index contributed by atoms with van der Waals surface area (Å²) in [5.41, 5.74) is 0. The van der Waals surface area contributed by atoms with Crippen molar-refractivity contribution in [1.29, 1.82) is 0 Å². The van der Waals surface area contributed by atoms with Gasteiger partial charge in [0.2, 0.25) is 15.9 Å². The molecule has 1 aliphatic heterocycles. The zero-order valence-electron chi connectivity index (χ0n) is 13.6. The van der Waals surface area contributed by atoms with Crippen molar-refractivity contribution in [3.05, 3.63) is 0 Å². The highest BCUT2D eigenvalue weighted by Crippen LogP contribution is 2.49. The number of carbonyl (C=O) groups is 1. The number of nitrogens with zero attached hydrogens (tertiary/aromatic N) is 1. The van der Waals surface area contributed by atoms with Gasteiger partial charge in [-0.1, -0.05) is 6.42 Å². The van der Waals surface area contributed by atoms with Gasteiger partial charge < -0.3 is 5.32 Å². The van der Waals surface area contributed by atoms with E-state index < -0.39 is 10.0 Å². The van der Waals surface area contributed by atoms with Crippen LogP contribution in [0, 0.1) is 23.7 Å². The minimum absolute atomic E-state index is 0.0287. The first-order valence-corrected chi connectivity index (χ1v) is 10.4. The topological polar surface area (TPSA) is 66.5 Å². The Labute approximate surface area is 133 Å². The van der Waals surface area contributed by atoms with E-state index in [1.54, 1.807) is 0 Å². The second kappa shape index (κ2) is 6.11. The Morgan fingerprint density at radius 2 is 1.82 bits per heavy atom. The average molecular weight is 328 g/mol. The summed E-state index contributed by atoms with van der Waals surface area (Å²) in [5, 5.41) is 3.22. The van der Waals surface area contributed by atoms with E-state index in [1.165, 1.54) is 36.2 Å². The molecule has 3 rings (SSSR count). The lowest BCUT2D eigenvalue weighted by molar-refractivity contribution is -0.127. The first-order chi connectivity index (χ1) is 10.3. The third-order valence-electron chi connectivity index (χ3n) is 6.10. The molecule has 1 N–H and O–H groups in total. The van der Waals surface area contributed by atoms with E-state index in [1.807, 2.05) is 0 Å². The zero-order valence-corrected chi connectivity index (χ0v) is 14.4. The van der Waals surface area contributed by atoms with E-state index in [2.05, 4.69) is 12.2 Å². The third-order valence-corrected chi connectivity index (χ3v) is 7.40. The predicted octanol–water partition coefficient (Wildman–Crippen LogP) is 1.60. The molecule has 1 amide bonds. The number of sulfonamides is 1. The summed E-state index contributed by atoms with van der Waals surface area (Å²) in [7, 11) is -3.12. The van der Waals surface area contributed by atoms with Crippen LogP contribution in [0.2, 0.25) is 0 Å². The van der Waals surface area contributed by atoms with Crippen LogP contribution < -0.4 is 5.32 Å². The van der Waals surface area contributed by atoms with Gasteiger partial charge >= 0.3 is 0 Å². The smallest absolute Gasteiger partial charge is 0.223 e. The third kappa shape index (κ3) is 3.32. The van der Waals surface area contributed by atoms with Crippen LogP contribution in [0.3, 0.4) is 0 Å². The van der Waals surface area contributed by atoms with Crippen molar-refractivity contribution >= 4 is 15.9 Å². The van der Waals surface area contributed by atoms with E-state index in [0.717, 1.165) is 11.8 Å². The van der Waals surface area contributed by atoms with Crippen LogP contribution in [0.25, 0.3) is 0 Å². The number of amides is 1. The zero-order chi connectivity index (χ0) is 15.9. The molecular weight excluding hydrogens is 300 g/mol. The molecular formula is C16H28N2O3S. The maximum atomic E-state index is 12.4. The summed E-state index contributed by atoms with van der Waals surface area (Å²) < 4.78 is 24.5. The average Bonchev–Trinajstić information content (AvgIpc) is 3.09. The number of hydrogen-bond acceptors (Lipinski definition) is 3. The fourth-order valence-electron chi connectivity index (χ4n) is 4.81. The SMILES string of the molecule is C[C@@H](NC(=O)C1CCN(S(C)(=O)=O)CC1)[C@@H]1C[C@H]2CC[C@H]1C2. The van der Waals surface area contributed by atoms with Crippen LogP contribution in [0.4, 0.5) is 0 Å². The molecule has 0 radical (unpaired) electrons. The van der Waals surface area contributed by atoms with E-state index >= 15 is 0 Å². The fourth-order valence-corrected chi connectivity index (χ4v) is 5.68. The summed E-state index contributed by atoms with van der Waals surface area (Å²) in [5.74, 6) is 2.46. The Kier molecular flexibility index (Phi) is 4.52. The Bertz CT molecular complexity index is 526. The molecule has 6 heteroatoms. The van der Waals surface area contributed by atoms with Crippen molar-refractivity contribution < 1.29 is 13.2 Å². The Balaban J connectivity index is 1.48. The molecule has 2 bridgehead atoms. The highest BCUT2D eigenvalue weighted by molar-refractivity contribution is 7.88. The number of fused-ring (bicyclic) bond motifs is 2. The van der Waals surface area contributed by atoms with Crippen molar-refractivity contribution in [3.63, 3.8) is 0 Å². The molecule has 0 aromatic rings. The van der Waals surface area contributed by atoms with Crippen LogP contribution in [0.1, 0.15) is 45.4 Å². The molecule has 2 aliphatic carbocycles. The molecule has 3 fully saturated rings. The number of carbonyl (C=O) groups excluding carboxylic acids is 1. The molecule has 1 heterocycles. The Morgan fingerprint density at radius 3 is 2.32 bits per heavy atom. The molecule has 3 aliphatic rings. The number of piperidine rings is 1. The van der Waals surface area contributed by atoms with Crippen molar-refractivity contribution in [2.24, 2.45) is 23.7 Å². The second-order valence-corrected chi connectivity index (χ2v) is 9.55. The van der Waals surface area contributed by atoms with Gasteiger partial charge in [-0.15, -0.1) is 0 Å². The maximum absolute atomic E-state index is 12.4. The summed E-state index contributed by atoms with van der Waals surface area (Å²) in [6, 6.07) is 0.260. The van der Waals surface area contributed by atoms with Gasteiger partial charge in [-0.05, 0) is 56.8 Å². The molecule has 0 spiro atoms. The van der Waals surface area contributed by atoms with Gasteiger partial charge in [0.1, 0.15) is 0 Å². The van der Waals surface area contributed by atoms with Gasteiger partial charge in [-0.3, -0.25) is 4.79 Å². The molecule has 0 aromatic carbocycles. The lowest BCUT2D eigenvalue weighted by Crippen LogP contribution is -2.46. The minimum Gasteiger partial charge on any atom is -0.353 e. The number of rotatable bonds is 4. The molecule has 0 unspecified atom stereocenters. The maximum Gasteiger partial charge on any atom is 0.223 e. The fraction of sp³-hybridized carbons (Fsp3) is 0.938. The van der Waals surface area contributed by atoms with E-state index in [-0.39, 0.29) is 17.9 Å². The molecule has 1 saturated heterocycles. The molecule has 0 aromatic heterocycles. The van der Waals surface area contributed by atoms with Gasteiger partial charge in [0.25, 0.3) is 0 Å². The van der Waals surface area contributed by atoms with Crippen molar-refractivity contribution in [2.45, 2.75) is 51.5 Å². The molecule has 22 heavy (non-hydrogen) atoms. The standard InChI is InChI=1S/C16H28N2O3S/c1-11(15-10-12-3-4-14(15)9-12)17-16(19)13-5-7-18(8-6-13)22(2,20)21/h11-15H,3-10H2,1-2H3,(H,17,19)/t11-,12+,14+,15+/m1/s1. The van der Waals surface area contributed by atoms with Gasteiger partial charge in [-0.25, -0.2) is 12.7 Å². The quantitative estimate of drug-likeness (QED) is 0.852. The first kappa shape index (κ1) is 16.2. The minimum atomic E-state index is -3.12. The van der Waals surface area contributed by atoms with Crippen molar-refractivity contribution in [3.8, 4) is 0 Å².